The molecule has 0 saturated heterocycles. The summed E-state index contributed by atoms with van der Waals surface area (Å²) < 4.78 is 5.35. The van der Waals surface area contributed by atoms with Crippen LogP contribution in [0.2, 0.25) is 0 Å². The quantitative estimate of drug-likeness (QED) is 0.332. The minimum absolute atomic E-state index is 0.0709. The summed E-state index contributed by atoms with van der Waals surface area (Å²) in [6.07, 6.45) is 2.58. The van der Waals surface area contributed by atoms with Gasteiger partial charge < -0.3 is 25.4 Å². The van der Waals surface area contributed by atoms with Gasteiger partial charge in [0.15, 0.2) is 0 Å². The molecule has 37 heavy (non-hydrogen) atoms. The highest BCUT2D eigenvalue weighted by molar-refractivity contribution is 5.92. The monoisotopic (exact) mass is 519 g/mol. The van der Waals surface area contributed by atoms with Gasteiger partial charge in [0.25, 0.3) is 0 Å². The molecule has 210 valence electrons. The van der Waals surface area contributed by atoms with E-state index in [1.165, 1.54) is 0 Å². The fraction of sp³-hybridized carbons (Fsp3) is 0.690. The largest absolute Gasteiger partial charge is 0.508 e. The highest BCUT2D eigenvalue weighted by Gasteiger charge is 2.38. The van der Waals surface area contributed by atoms with Crippen molar-refractivity contribution in [2.24, 2.45) is 5.92 Å². The number of phenolic OH excluding ortho intramolecular Hbond substituents is 1. The lowest BCUT2D eigenvalue weighted by molar-refractivity contribution is -0.145. The molecule has 0 radical (unpaired) electrons. The van der Waals surface area contributed by atoms with E-state index in [0.717, 1.165) is 19.3 Å². The Morgan fingerprint density at radius 1 is 1.00 bits per heavy atom. The van der Waals surface area contributed by atoms with Gasteiger partial charge >= 0.3 is 6.09 Å². The van der Waals surface area contributed by atoms with Crippen molar-refractivity contribution in [3.8, 4) is 5.75 Å². The van der Waals surface area contributed by atoms with Crippen LogP contribution >= 0.6 is 0 Å². The number of hydrogen-bond acceptors (Lipinski definition) is 5. The van der Waals surface area contributed by atoms with E-state index < -0.39 is 23.8 Å². The molecule has 0 aliphatic heterocycles. The molecule has 4 atom stereocenters. The van der Waals surface area contributed by atoms with Gasteiger partial charge in [-0.15, -0.1) is 0 Å². The topological polar surface area (TPSA) is 108 Å². The van der Waals surface area contributed by atoms with Crippen molar-refractivity contribution in [2.45, 2.75) is 125 Å². The number of hydrogen-bond donors (Lipinski definition) is 3. The minimum Gasteiger partial charge on any atom is -0.508 e. The number of aryl methyl sites for hydroxylation is 1. The lowest BCUT2D eigenvalue weighted by atomic mass is 9.96. The van der Waals surface area contributed by atoms with Crippen LogP contribution < -0.4 is 10.6 Å². The van der Waals surface area contributed by atoms with Crippen molar-refractivity contribution in [1.29, 1.82) is 0 Å². The van der Waals surface area contributed by atoms with Crippen molar-refractivity contribution < 1.29 is 24.2 Å². The summed E-state index contributed by atoms with van der Waals surface area (Å²) in [6, 6.07) is 2.76. The molecular formula is C29H49N3O5. The zero-order chi connectivity index (χ0) is 28.5. The second-order valence-corrected chi connectivity index (χ2v) is 11.6. The van der Waals surface area contributed by atoms with Gasteiger partial charge in [-0.25, -0.2) is 4.79 Å². The van der Waals surface area contributed by atoms with Gasteiger partial charge in [-0.3, -0.25) is 9.59 Å². The summed E-state index contributed by atoms with van der Waals surface area (Å²) in [4.78, 5) is 41.7. The van der Waals surface area contributed by atoms with E-state index in [1.54, 1.807) is 57.7 Å². The number of nitrogens with zero attached hydrogens (tertiary/aromatic N) is 1. The van der Waals surface area contributed by atoms with Gasteiger partial charge in [0.2, 0.25) is 11.8 Å². The van der Waals surface area contributed by atoms with E-state index in [4.69, 9.17) is 4.74 Å². The molecule has 1 aromatic rings. The average molecular weight is 520 g/mol. The maximum Gasteiger partial charge on any atom is 0.408 e. The van der Waals surface area contributed by atoms with Crippen molar-refractivity contribution in [3.63, 3.8) is 0 Å². The van der Waals surface area contributed by atoms with Crippen LogP contribution in [-0.4, -0.2) is 51.6 Å². The van der Waals surface area contributed by atoms with Crippen LogP contribution in [0.25, 0.3) is 0 Å². The summed E-state index contributed by atoms with van der Waals surface area (Å²) in [5, 5.41) is 15.8. The van der Waals surface area contributed by atoms with Crippen LogP contribution in [0.1, 0.15) is 105 Å². The molecule has 1 rings (SSSR count). The highest BCUT2D eigenvalue weighted by Crippen LogP contribution is 2.30. The maximum absolute atomic E-state index is 13.9. The molecule has 3 N–H and O–H groups in total. The number of carbonyl (C=O) groups is 3. The maximum atomic E-state index is 13.9. The molecule has 4 unspecified atom stereocenters. The first-order chi connectivity index (χ1) is 17.1. The number of phenols is 1. The zero-order valence-electron chi connectivity index (χ0n) is 24.5. The SMILES string of the molecule is CCCC(C)NC(=O)C(c1ccc(O)c(C)c1)N(C(=O)C(C)NC(=O)OC(C)(C)C)C(C)CCC(C)C. The molecule has 0 bridgehead atoms. The number of ether oxygens (including phenoxy) is 1. The zero-order valence-corrected chi connectivity index (χ0v) is 24.5. The Kier molecular flexibility index (Phi) is 12.4. The highest BCUT2D eigenvalue weighted by atomic mass is 16.6. The summed E-state index contributed by atoms with van der Waals surface area (Å²) in [5.41, 5.74) is 0.503. The molecular weight excluding hydrogens is 470 g/mol. The van der Waals surface area contributed by atoms with Crippen LogP contribution in [0.15, 0.2) is 18.2 Å². The molecule has 0 fully saturated rings. The Balaban J connectivity index is 3.51. The van der Waals surface area contributed by atoms with Gasteiger partial charge in [-0.05, 0) is 96.9 Å². The van der Waals surface area contributed by atoms with Crippen LogP contribution in [0.3, 0.4) is 0 Å². The Morgan fingerprint density at radius 2 is 1.62 bits per heavy atom. The van der Waals surface area contributed by atoms with Crippen molar-refractivity contribution in [1.82, 2.24) is 15.5 Å². The predicted molar refractivity (Wildman–Crippen MR) is 147 cm³/mol. The van der Waals surface area contributed by atoms with Gasteiger partial charge in [0.05, 0.1) is 0 Å². The number of carbonyl (C=O) groups excluding carboxylic acids is 3. The third-order valence-corrected chi connectivity index (χ3v) is 6.17. The standard InChI is InChI=1S/C29H49N3O5/c1-11-12-20(5)30-26(34)25(23-15-16-24(33)19(4)17-23)32(21(6)14-13-18(2)3)27(35)22(7)31-28(36)37-29(8,9)10/h15-18,20-22,25,33H,11-14H2,1-10H3,(H,30,34)(H,31,36). The second kappa shape index (κ2) is 14.2. The Labute approximate surface area is 223 Å². The number of alkyl carbamates (subject to hydrolysis) is 1. The van der Waals surface area contributed by atoms with Gasteiger partial charge in [-0.1, -0.05) is 33.3 Å². The van der Waals surface area contributed by atoms with E-state index >= 15 is 0 Å². The number of benzene rings is 1. The number of amides is 3. The van der Waals surface area contributed by atoms with Crippen LogP contribution in [0.5, 0.6) is 5.75 Å². The molecule has 3 amide bonds. The lowest BCUT2D eigenvalue weighted by Crippen LogP contribution is -2.55. The fourth-order valence-corrected chi connectivity index (χ4v) is 4.20. The first-order valence-electron chi connectivity index (χ1n) is 13.5. The van der Waals surface area contributed by atoms with E-state index in [0.29, 0.717) is 23.5 Å². The average Bonchev–Trinajstić information content (AvgIpc) is 2.75. The fourth-order valence-electron chi connectivity index (χ4n) is 4.20. The number of aromatic hydroxyl groups is 1. The molecule has 0 saturated carbocycles. The van der Waals surface area contributed by atoms with E-state index in [2.05, 4.69) is 31.4 Å². The normalized spacial score (nSPS) is 14.9. The molecule has 0 heterocycles. The molecule has 8 nitrogen and oxygen atoms in total. The number of rotatable bonds is 12. The Hall–Kier alpha value is -2.77. The van der Waals surface area contributed by atoms with Crippen molar-refractivity contribution in [2.75, 3.05) is 0 Å². The summed E-state index contributed by atoms with van der Waals surface area (Å²) >= 11 is 0. The van der Waals surface area contributed by atoms with E-state index in [9.17, 15) is 19.5 Å². The third-order valence-electron chi connectivity index (χ3n) is 6.17. The molecule has 0 spiro atoms. The molecule has 0 aromatic heterocycles. The van der Waals surface area contributed by atoms with E-state index in [1.807, 2.05) is 13.8 Å². The lowest BCUT2D eigenvalue weighted by Gasteiger charge is -2.38. The van der Waals surface area contributed by atoms with Crippen LogP contribution in [-0.2, 0) is 14.3 Å². The summed E-state index contributed by atoms with van der Waals surface area (Å²) in [5.74, 6) is -0.131. The number of nitrogens with one attached hydrogen (secondary N) is 2. The van der Waals surface area contributed by atoms with E-state index in [-0.39, 0.29) is 29.6 Å². The van der Waals surface area contributed by atoms with Crippen LogP contribution in [0.4, 0.5) is 4.79 Å². The Bertz CT molecular complexity index is 909. The first-order valence-corrected chi connectivity index (χ1v) is 13.5. The third kappa shape index (κ3) is 10.6. The smallest absolute Gasteiger partial charge is 0.408 e. The van der Waals surface area contributed by atoms with Crippen molar-refractivity contribution >= 4 is 17.9 Å². The Morgan fingerprint density at radius 3 is 2.14 bits per heavy atom. The van der Waals surface area contributed by atoms with Crippen molar-refractivity contribution in [3.05, 3.63) is 29.3 Å². The minimum atomic E-state index is -0.934. The van der Waals surface area contributed by atoms with Gasteiger partial charge in [-0.2, -0.15) is 0 Å². The second-order valence-electron chi connectivity index (χ2n) is 11.6. The van der Waals surface area contributed by atoms with Gasteiger partial charge in [0, 0.05) is 12.1 Å². The first kappa shape index (κ1) is 32.3. The molecule has 1 aromatic carbocycles. The molecule has 0 aliphatic carbocycles. The summed E-state index contributed by atoms with van der Waals surface area (Å²) in [6.45, 7) is 18.8. The summed E-state index contributed by atoms with van der Waals surface area (Å²) in [7, 11) is 0. The molecule has 8 heteroatoms. The molecule has 0 aliphatic rings. The van der Waals surface area contributed by atoms with Crippen LogP contribution in [0, 0.1) is 12.8 Å². The van der Waals surface area contributed by atoms with Gasteiger partial charge in [0.1, 0.15) is 23.4 Å². The predicted octanol–water partition coefficient (Wildman–Crippen LogP) is 5.61.